The molecule has 0 aliphatic heterocycles. The van der Waals surface area contributed by atoms with Gasteiger partial charge in [0.05, 0.1) is 0 Å². The molecular weight excluding hydrogens is 256 g/mol. The molecule has 1 aliphatic rings. The molecule has 0 radical (unpaired) electrons. The Bertz CT molecular complexity index is 459. The van der Waals surface area contributed by atoms with Crippen molar-refractivity contribution in [1.29, 1.82) is 0 Å². The van der Waals surface area contributed by atoms with E-state index in [1.807, 2.05) is 6.92 Å². The molecule has 100 valence electrons. The first kappa shape index (κ1) is 13.8. The molecule has 0 amide bonds. The third-order valence-electron chi connectivity index (χ3n) is 3.79. The molecule has 0 bridgehead atoms. The Morgan fingerprint density at radius 3 is 2.44 bits per heavy atom. The number of nitrogens with one attached hydrogen (secondary N) is 1. The fourth-order valence-electron chi connectivity index (χ4n) is 2.54. The highest BCUT2D eigenvalue weighted by Gasteiger charge is 2.50. The topological polar surface area (TPSA) is 12.0 Å². The minimum absolute atomic E-state index is 0.00685. The number of rotatable bonds is 4. The summed E-state index contributed by atoms with van der Waals surface area (Å²) < 4.78 is 26.5. The van der Waals surface area contributed by atoms with E-state index in [0.29, 0.717) is 16.5 Å². The lowest BCUT2D eigenvalue weighted by Gasteiger charge is -2.21. The Morgan fingerprint density at radius 2 is 1.94 bits per heavy atom. The predicted octanol–water partition coefficient (Wildman–Crippen LogP) is 4.31. The van der Waals surface area contributed by atoms with Gasteiger partial charge in [0.15, 0.2) is 11.6 Å². The van der Waals surface area contributed by atoms with Crippen molar-refractivity contribution in [2.24, 2.45) is 11.3 Å². The maximum atomic E-state index is 13.4. The summed E-state index contributed by atoms with van der Waals surface area (Å²) in [5, 5.41) is 3.62. The second kappa shape index (κ2) is 4.78. The molecule has 0 spiro atoms. The highest BCUT2D eigenvalue weighted by molar-refractivity contribution is 6.31. The summed E-state index contributed by atoms with van der Waals surface area (Å²) in [5.41, 5.74) is 0.897. The number of hydrogen-bond donors (Lipinski definition) is 1. The lowest BCUT2D eigenvalue weighted by molar-refractivity contribution is 0.419. The highest BCUT2D eigenvalue weighted by atomic mass is 35.5. The largest absolute Gasteiger partial charge is 0.310 e. The smallest absolute Gasteiger partial charge is 0.160 e. The van der Waals surface area contributed by atoms with Gasteiger partial charge in [-0.2, -0.15) is 0 Å². The zero-order valence-electron chi connectivity index (χ0n) is 10.9. The maximum absolute atomic E-state index is 13.4. The van der Waals surface area contributed by atoms with Crippen LogP contribution in [0, 0.1) is 23.0 Å². The quantitative estimate of drug-likeness (QED) is 0.806. The average molecular weight is 274 g/mol. The molecular formula is C14H18ClF2N. The molecule has 18 heavy (non-hydrogen) atoms. The minimum atomic E-state index is -0.894. The van der Waals surface area contributed by atoms with Gasteiger partial charge in [0, 0.05) is 11.1 Å². The Kier molecular flexibility index (Phi) is 3.65. The van der Waals surface area contributed by atoms with Crippen LogP contribution in [-0.2, 0) is 0 Å². The normalized spacial score (nSPS) is 22.9. The predicted molar refractivity (Wildman–Crippen MR) is 69.7 cm³/mol. The van der Waals surface area contributed by atoms with Gasteiger partial charge >= 0.3 is 0 Å². The summed E-state index contributed by atoms with van der Waals surface area (Å²) in [6, 6.07) is 2.28. The summed E-state index contributed by atoms with van der Waals surface area (Å²) in [7, 11) is 0. The van der Waals surface area contributed by atoms with E-state index in [0.717, 1.165) is 19.0 Å². The summed E-state index contributed by atoms with van der Waals surface area (Å²) >= 11 is 6.05. The van der Waals surface area contributed by atoms with Gasteiger partial charge in [-0.1, -0.05) is 32.4 Å². The van der Waals surface area contributed by atoms with E-state index < -0.39 is 11.6 Å². The fraction of sp³-hybridized carbons (Fsp3) is 0.571. The van der Waals surface area contributed by atoms with Crippen LogP contribution in [0.4, 0.5) is 8.78 Å². The molecule has 1 N–H and O–H groups in total. The van der Waals surface area contributed by atoms with Crippen molar-refractivity contribution in [3.63, 3.8) is 0 Å². The fourth-order valence-corrected chi connectivity index (χ4v) is 2.81. The first-order chi connectivity index (χ1) is 8.36. The van der Waals surface area contributed by atoms with E-state index in [-0.39, 0.29) is 11.5 Å². The van der Waals surface area contributed by atoms with Gasteiger partial charge in [-0.15, -0.1) is 0 Å². The van der Waals surface area contributed by atoms with E-state index >= 15 is 0 Å². The summed E-state index contributed by atoms with van der Waals surface area (Å²) in [6.07, 6.45) is 1.07. The van der Waals surface area contributed by atoms with Crippen molar-refractivity contribution in [3.05, 3.63) is 34.4 Å². The van der Waals surface area contributed by atoms with Crippen LogP contribution in [0.25, 0.3) is 0 Å². The van der Waals surface area contributed by atoms with E-state index in [4.69, 9.17) is 11.6 Å². The van der Waals surface area contributed by atoms with Crippen LogP contribution >= 0.6 is 11.6 Å². The van der Waals surface area contributed by atoms with Gasteiger partial charge in [-0.25, -0.2) is 8.78 Å². The van der Waals surface area contributed by atoms with Crippen molar-refractivity contribution in [2.45, 2.75) is 33.2 Å². The molecule has 2 unspecified atom stereocenters. The molecule has 1 saturated carbocycles. The molecule has 1 aromatic rings. The first-order valence-electron chi connectivity index (χ1n) is 6.24. The summed E-state index contributed by atoms with van der Waals surface area (Å²) in [6.45, 7) is 7.12. The van der Waals surface area contributed by atoms with Crippen LogP contribution in [0.1, 0.15) is 38.8 Å². The summed E-state index contributed by atoms with van der Waals surface area (Å²) in [5.74, 6) is -1.32. The maximum Gasteiger partial charge on any atom is 0.160 e. The Hall–Kier alpha value is -0.670. The molecule has 0 heterocycles. The van der Waals surface area contributed by atoms with Crippen LogP contribution in [-0.4, -0.2) is 6.54 Å². The van der Waals surface area contributed by atoms with Crippen LogP contribution in [0.2, 0.25) is 5.02 Å². The second-order valence-electron chi connectivity index (χ2n) is 5.62. The molecule has 2 atom stereocenters. The van der Waals surface area contributed by atoms with Gasteiger partial charge in [0.2, 0.25) is 0 Å². The Balaban J connectivity index is 2.34. The zero-order valence-corrected chi connectivity index (χ0v) is 11.6. The van der Waals surface area contributed by atoms with Gasteiger partial charge in [0.1, 0.15) is 0 Å². The van der Waals surface area contributed by atoms with Crippen molar-refractivity contribution < 1.29 is 8.78 Å². The molecule has 4 heteroatoms. The van der Waals surface area contributed by atoms with Crippen LogP contribution in [0.3, 0.4) is 0 Å². The second-order valence-corrected chi connectivity index (χ2v) is 6.03. The lowest BCUT2D eigenvalue weighted by atomic mass is 9.96. The number of halogens is 3. The van der Waals surface area contributed by atoms with Crippen LogP contribution in [0.15, 0.2) is 12.1 Å². The van der Waals surface area contributed by atoms with Crippen LogP contribution < -0.4 is 5.32 Å². The zero-order chi connectivity index (χ0) is 13.5. The Labute approximate surface area is 112 Å². The van der Waals surface area contributed by atoms with Gasteiger partial charge in [-0.05, 0) is 42.0 Å². The number of benzene rings is 1. The van der Waals surface area contributed by atoms with Gasteiger partial charge < -0.3 is 5.32 Å². The molecule has 0 saturated heterocycles. The lowest BCUT2D eigenvalue weighted by Crippen LogP contribution is -2.25. The van der Waals surface area contributed by atoms with E-state index in [2.05, 4.69) is 19.2 Å². The third-order valence-corrected chi connectivity index (χ3v) is 4.12. The average Bonchev–Trinajstić information content (AvgIpc) is 2.90. The van der Waals surface area contributed by atoms with Crippen molar-refractivity contribution in [1.82, 2.24) is 5.32 Å². The standard InChI is InChI=1S/C14H18ClF2N/c1-4-18-13(9-7-14(9,2)3)8-5-11(16)12(17)6-10(8)15/h5-6,9,13,18H,4,7H2,1-3H3. The third kappa shape index (κ3) is 2.52. The molecule has 1 aliphatic carbocycles. The summed E-state index contributed by atoms with van der Waals surface area (Å²) in [4.78, 5) is 0. The van der Waals surface area contributed by atoms with Crippen molar-refractivity contribution >= 4 is 11.6 Å². The van der Waals surface area contributed by atoms with Crippen molar-refractivity contribution in [3.8, 4) is 0 Å². The monoisotopic (exact) mass is 273 g/mol. The van der Waals surface area contributed by atoms with E-state index in [1.165, 1.54) is 6.07 Å². The molecule has 1 fully saturated rings. The molecule has 1 nitrogen and oxygen atoms in total. The number of hydrogen-bond acceptors (Lipinski definition) is 1. The van der Waals surface area contributed by atoms with Gasteiger partial charge in [-0.3, -0.25) is 0 Å². The van der Waals surface area contributed by atoms with E-state index in [1.54, 1.807) is 0 Å². The van der Waals surface area contributed by atoms with Crippen molar-refractivity contribution in [2.75, 3.05) is 6.54 Å². The highest BCUT2D eigenvalue weighted by Crippen LogP contribution is 2.58. The van der Waals surface area contributed by atoms with E-state index in [9.17, 15) is 8.78 Å². The molecule has 2 rings (SSSR count). The van der Waals surface area contributed by atoms with Gasteiger partial charge in [0.25, 0.3) is 0 Å². The molecule has 0 aromatic heterocycles. The van der Waals surface area contributed by atoms with Crippen LogP contribution in [0.5, 0.6) is 0 Å². The Morgan fingerprint density at radius 1 is 1.39 bits per heavy atom. The minimum Gasteiger partial charge on any atom is -0.310 e. The SMILES string of the molecule is CCNC(c1cc(F)c(F)cc1Cl)C1CC1(C)C. The molecule has 1 aromatic carbocycles. The first-order valence-corrected chi connectivity index (χ1v) is 6.62.